The van der Waals surface area contributed by atoms with E-state index in [1.807, 2.05) is 20.8 Å². The van der Waals surface area contributed by atoms with Crippen molar-refractivity contribution < 1.29 is 9.59 Å². The minimum atomic E-state index is -0.617. The molecular weight excluding hydrogens is 332 g/mol. The van der Waals surface area contributed by atoms with Gasteiger partial charge < -0.3 is 26.5 Å². The molecule has 8 nitrogen and oxygen atoms in total. The summed E-state index contributed by atoms with van der Waals surface area (Å²) in [4.78, 5) is 26.7. The fourth-order valence-corrected chi connectivity index (χ4v) is 3.60. The number of carbonyl (C=O) groups excluding carboxylic acids is 2. The van der Waals surface area contributed by atoms with Gasteiger partial charge in [-0.15, -0.1) is 0 Å². The van der Waals surface area contributed by atoms with Crippen molar-refractivity contribution in [2.45, 2.75) is 77.0 Å². The minimum absolute atomic E-state index is 0.0968. The Balaban J connectivity index is 2.94. The summed E-state index contributed by atoms with van der Waals surface area (Å²) in [6.07, 6.45) is 5.42. The lowest BCUT2D eigenvalue weighted by atomic mass is 9.93. The van der Waals surface area contributed by atoms with Crippen LogP contribution in [0.2, 0.25) is 0 Å². The minimum Gasteiger partial charge on any atom is -0.370 e. The molecule has 7 N–H and O–H groups in total. The standard InChI is InChI=1S/C18H36N6O2/c1-13(2)11-15(19)16(26)24(18(3)8-4-5-10-23-18)14(12-25)7-6-9-22-17(20)21/h12-15,23H,4-11,19H2,1-3H3,(H4,20,21,22)/t14-,15-,18?/m0/s1. The summed E-state index contributed by atoms with van der Waals surface area (Å²) >= 11 is 0. The monoisotopic (exact) mass is 368 g/mol. The number of piperidine rings is 1. The Bertz CT molecular complexity index is 476. The lowest BCUT2D eigenvalue weighted by molar-refractivity contribution is -0.148. The van der Waals surface area contributed by atoms with Crippen molar-refractivity contribution in [1.82, 2.24) is 15.5 Å². The second-order valence-corrected chi connectivity index (χ2v) is 7.79. The normalized spacial score (nSPS) is 22.5. The van der Waals surface area contributed by atoms with Crippen LogP contribution in [0.15, 0.2) is 0 Å². The van der Waals surface area contributed by atoms with Gasteiger partial charge in [0.05, 0.1) is 17.7 Å². The number of carbonyl (C=O) groups is 2. The number of nitrogens with two attached hydrogens (primary N) is 2. The van der Waals surface area contributed by atoms with Crippen molar-refractivity contribution in [1.29, 1.82) is 5.41 Å². The molecule has 8 heteroatoms. The van der Waals surface area contributed by atoms with Crippen molar-refractivity contribution in [3.63, 3.8) is 0 Å². The lowest BCUT2D eigenvalue weighted by Crippen LogP contribution is -2.66. The highest BCUT2D eigenvalue weighted by Gasteiger charge is 2.41. The summed E-state index contributed by atoms with van der Waals surface area (Å²) in [5, 5.41) is 13.4. The molecule has 0 aromatic rings. The Morgan fingerprint density at radius 1 is 1.42 bits per heavy atom. The molecule has 1 fully saturated rings. The average molecular weight is 369 g/mol. The maximum atomic E-state index is 13.2. The predicted octanol–water partition coefficient (Wildman–Crippen LogP) is 0.509. The van der Waals surface area contributed by atoms with Gasteiger partial charge in [0.2, 0.25) is 5.91 Å². The Morgan fingerprint density at radius 2 is 2.12 bits per heavy atom. The fourth-order valence-electron chi connectivity index (χ4n) is 3.60. The number of hydrogen-bond acceptors (Lipinski definition) is 5. The van der Waals surface area contributed by atoms with Crippen molar-refractivity contribution in [2.24, 2.45) is 17.4 Å². The molecule has 1 heterocycles. The van der Waals surface area contributed by atoms with Gasteiger partial charge in [-0.25, -0.2) is 0 Å². The number of nitrogens with zero attached hydrogens (tertiary/aromatic N) is 1. The molecule has 150 valence electrons. The third-order valence-corrected chi connectivity index (χ3v) is 4.89. The van der Waals surface area contributed by atoms with Crippen LogP contribution in [0.3, 0.4) is 0 Å². The van der Waals surface area contributed by atoms with Gasteiger partial charge in [0.1, 0.15) is 6.29 Å². The first-order chi connectivity index (χ1) is 12.2. The maximum absolute atomic E-state index is 13.2. The van der Waals surface area contributed by atoms with Crippen LogP contribution in [-0.2, 0) is 9.59 Å². The number of hydrogen-bond donors (Lipinski definition) is 5. The number of nitrogens with one attached hydrogen (secondary N) is 3. The SMILES string of the molecule is CC(C)C[C@H](N)C(=O)N([C@H](C=O)CCCNC(=N)N)C1(C)CCCCN1. The van der Waals surface area contributed by atoms with E-state index in [0.29, 0.717) is 31.7 Å². The highest BCUT2D eigenvalue weighted by Crippen LogP contribution is 2.27. The van der Waals surface area contributed by atoms with Crippen molar-refractivity contribution in [2.75, 3.05) is 13.1 Å². The van der Waals surface area contributed by atoms with Crippen LogP contribution in [0.5, 0.6) is 0 Å². The molecule has 1 unspecified atom stereocenters. The summed E-state index contributed by atoms with van der Waals surface area (Å²) in [6.45, 7) is 7.35. The topological polar surface area (TPSA) is 137 Å². The Hall–Kier alpha value is -1.67. The van der Waals surface area contributed by atoms with E-state index in [0.717, 1.165) is 32.1 Å². The maximum Gasteiger partial charge on any atom is 0.241 e. The largest absolute Gasteiger partial charge is 0.370 e. The summed E-state index contributed by atoms with van der Waals surface area (Å²) in [5.41, 5.74) is 10.9. The van der Waals surface area contributed by atoms with Crippen molar-refractivity contribution in [3.8, 4) is 0 Å². The molecule has 1 saturated heterocycles. The summed E-state index contributed by atoms with van der Waals surface area (Å²) in [5.74, 6) is 0.0325. The van der Waals surface area contributed by atoms with Crippen LogP contribution in [0.1, 0.15) is 59.3 Å². The molecule has 0 aliphatic carbocycles. The zero-order valence-corrected chi connectivity index (χ0v) is 16.4. The van der Waals surface area contributed by atoms with E-state index < -0.39 is 17.7 Å². The highest BCUT2D eigenvalue weighted by molar-refractivity contribution is 5.85. The van der Waals surface area contributed by atoms with Crippen LogP contribution in [0, 0.1) is 11.3 Å². The predicted molar refractivity (Wildman–Crippen MR) is 104 cm³/mol. The van der Waals surface area contributed by atoms with E-state index in [2.05, 4.69) is 10.6 Å². The number of guanidine groups is 1. The molecule has 1 rings (SSSR count). The average Bonchev–Trinajstić information content (AvgIpc) is 2.56. The molecule has 0 radical (unpaired) electrons. The van der Waals surface area contributed by atoms with E-state index in [4.69, 9.17) is 16.9 Å². The Kier molecular flexibility index (Phi) is 9.01. The van der Waals surface area contributed by atoms with E-state index >= 15 is 0 Å². The van der Waals surface area contributed by atoms with E-state index in [-0.39, 0.29) is 11.9 Å². The van der Waals surface area contributed by atoms with Crippen LogP contribution >= 0.6 is 0 Å². The molecule has 1 amide bonds. The molecule has 0 aromatic heterocycles. The lowest BCUT2D eigenvalue weighted by Gasteiger charge is -2.48. The van der Waals surface area contributed by atoms with Gasteiger partial charge in [0.25, 0.3) is 0 Å². The van der Waals surface area contributed by atoms with Crippen LogP contribution < -0.4 is 22.1 Å². The molecule has 1 aliphatic rings. The number of aldehydes is 1. The van der Waals surface area contributed by atoms with Crippen LogP contribution in [-0.4, -0.2) is 53.9 Å². The molecule has 0 bridgehead atoms. The van der Waals surface area contributed by atoms with E-state index in [1.54, 1.807) is 4.90 Å². The zero-order valence-electron chi connectivity index (χ0n) is 16.4. The summed E-state index contributed by atoms with van der Waals surface area (Å²) in [6, 6.07) is -1.17. The molecule has 26 heavy (non-hydrogen) atoms. The second-order valence-electron chi connectivity index (χ2n) is 7.79. The second kappa shape index (κ2) is 10.5. The first-order valence-corrected chi connectivity index (χ1v) is 9.58. The Morgan fingerprint density at radius 3 is 2.62 bits per heavy atom. The van der Waals surface area contributed by atoms with E-state index in [9.17, 15) is 9.59 Å². The summed E-state index contributed by atoms with van der Waals surface area (Å²) in [7, 11) is 0. The van der Waals surface area contributed by atoms with Crippen molar-refractivity contribution in [3.05, 3.63) is 0 Å². The highest BCUT2D eigenvalue weighted by atomic mass is 16.2. The van der Waals surface area contributed by atoms with Gasteiger partial charge in [-0.05, 0) is 57.9 Å². The number of rotatable bonds is 10. The van der Waals surface area contributed by atoms with Gasteiger partial charge in [0.15, 0.2) is 5.96 Å². The first-order valence-electron chi connectivity index (χ1n) is 9.58. The molecule has 3 atom stereocenters. The molecule has 0 aromatic carbocycles. The molecular formula is C18H36N6O2. The van der Waals surface area contributed by atoms with Gasteiger partial charge >= 0.3 is 0 Å². The molecule has 0 saturated carbocycles. The quantitative estimate of drug-likeness (QED) is 0.165. The smallest absolute Gasteiger partial charge is 0.241 e. The summed E-state index contributed by atoms with van der Waals surface area (Å²) < 4.78 is 0. The molecule has 1 aliphatic heterocycles. The Labute approximate surface area is 156 Å². The fraction of sp³-hybridized carbons (Fsp3) is 0.833. The number of amides is 1. The van der Waals surface area contributed by atoms with Gasteiger partial charge in [-0.3, -0.25) is 15.5 Å². The van der Waals surface area contributed by atoms with Crippen LogP contribution in [0.4, 0.5) is 0 Å². The third-order valence-electron chi connectivity index (χ3n) is 4.89. The van der Waals surface area contributed by atoms with Gasteiger partial charge in [-0.1, -0.05) is 13.8 Å². The zero-order chi connectivity index (χ0) is 19.7. The van der Waals surface area contributed by atoms with Crippen molar-refractivity contribution >= 4 is 18.2 Å². The van der Waals surface area contributed by atoms with Gasteiger partial charge in [-0.2, -0.15) is 0 Å². The van der Waals surface area contributed by atoms with E-state index in [1.165, 1.54) is 0 Å². The third kappa shape index (κ3) is 6.57. The first kappa shape index (κ1) is 22.4. The van der Waals surface area contributed by atoms with Crippen LogP contribution in [0.25, 0.3) is 0 Å². The molecule has 0 spiro atoms. The van der Waals surface area contributed by atoms with Gasteiger partial charge in [0, 0.05) is 6.54 Å².